The van der Waals surface area contributed by atoms with Gasteiger partial charge in [0.25, 0.3) is 5.56 Å². The Morgan fingerprint density at radius 1 is 1.18 bits per heavy atom. The van der Waals surface area contributed by atoms with Crippen LogP contribution in [-0.2, 0) is 0 Å². The predicted octanol–water partition coefficient (Wildman–Crippen LogP) is 5.34. The Kier molecular flexibility index (Phi) is 4.62. The number of ether oxygens (including phenoxy) is 2. The van der Waals surface area contributed by atoms with Gasteiger partial charge in [-0.3, -0.25) is 4.79 Å². The van der Waals surface area contributed by atoms with E-state index in [2.05, 4.69) is 4.98 Å². The summed E-state index contributed by atoms with van der Waals surface area (Å²) in [5.74, 6) is 2.21. The molecule has 4 heterocycles. The van der Waals surface area contributed by atoms with Crippen molar-refractivity contribution in [3.8, 4) is 21.9 Å². The number of nitrogens with zero attached hydrogens (tertiary/aromatic N) is 1. The van der Waals surface area contributed by atoms with Gasteiger partial charge >= 0.3 is 0 Å². The fourth-order valence-corrected chi connectivity index (χ4v) is 5.85. The molecular formula is C20H16N2O3S3. The molecule has 1 unspecified atom stereocenters. The third kappa shape index (κ3) is 3.21. The fourth-order valence-electron chi connectivity index (χ4n) is 3.13. The Morgan fingerprint density at radius 3 is 2.86 bits per heavy atom. The van der Waals surface area contributed by atoms with E-state index in [0.717, 1.165) is 31.7 Å². The molecule has 0 aliphatic carbocycles. The number of nitrogens with one attached hydrogen (secondary N) is 1. The van der Waals surface area contributed by atoms with E-state index in [4.69, 9.17) is 14.5 Å². The van der Waals surface area contributed by atoms with Crippen LogP contribution in [0.4, 0.5) is 0 Å². The second-order valence-electron chi connectivity index (χ2n) is 6.32. The number of H-pyrrole nitrogens is 1. The van der Waals surface area contributed by atoms with Crippen LogP contribution in [0, 0.1) is 0 Å². The molecule has 0 saturated heterocycles. The quantitative estimate of drug-likeness (QED) is 0.445. The fraction of sp³-hybridized carbons (Fsp3) is 0.200. The minimum Gasteiger partial charge on any atom is -0.486 e. The summed E-state index contributed by atoms with van der Waals surface area (Å²) < 4.78 is 11.2. The average Bonchev–Trinajstić information content (AvgIpc) is 3.37. The molecule has 5 rings (SSSR count). The van der Waals surface area contributed by atoms with Crippen molar-refractivity contribution >= 4 is 44.7 Å². The van der Waals surface area contributed by atoms with E-state index >= 15 is 0 Å². The summed E-state index contributed by atoms with van der Waals surface area (Å²) in [6.07, 6.45) is 0. The zero-order chi connectivity index (χ0) is 19.1. The van der Waals surface area contributed by atoms with E-state index in [-0.39, 0.29) is 10.8 Å². The molecule has 0 spiro atoms. The molecule has 3 aromatic heterocycles. The van der Waals surface area contributed by atoms with Crippen molar-refractivity contribution in [2.24, 2.45) is 0 Å². The number of benzene rings is 1. The van der Waals surface area contributed by atoms with E-state index in [0.29, 0.717) is 24.4 Å². The first-order valence-corrected chi connectivity index (χ1v) is 11.4. The van der Waals surface area contributed by atoms with Crippen LogP contribution in [0.15, 0.2) is 50.8 Å². The van der Waals surface area contributed by atoms with Crippen LogP contribution < -0.4 is 15.0 Å². The highest BCUT2D eigenvalue weighted by molar-refractivity contribution is 7.99. The number of rotatable bonds is 4. The van der Waals surface area contributed by atoms with Gasteiger partial charge in [0.2, 0.25) is 0 Å². The van der Waals surface area contributed by atoms with Crippen molar-refractivity contribution in [3.05, 3.63) is 57.3 Å². The summed E-state index contributed by atoms with van der Waals surface area (Å²) in [5, 5.41) is 4.70. The van der Waals surface area contributed by atoms with Gasteiger partial charge in [-0.05, 0) is 36.6 Å². The van der Waals surface area contributed by atoms with Crippen LogP contribution in [0.3, 0.4) is 0 Å². The molecule has 4 aromatic rings. The van der Waals surface area contributed by atoms with Crippen LogP contribution in [0.5, 0.6) is 11.5 Å². The first kappa shape index (κ1) is 17.8. The summed E-state index contributed by atoms with van der Waals surface area (Å²) in [5.41, 5.74) is 0.877. The molecule has 8 heteroatoms. The second-order valence-corrected chi connectivity index (χ2v) is 9.54. The Bertz CT molecular complexity index is 1200. The molecule has 0 saturated carbocycles. The molecule has 0 fully saturated rings. The van der Waals surface area contributed by atoms with Gasteiger partial charge in [0.15, 0.2) is 11.5 Å². The van der Waals surface area contributed by atoms with Crippen LogP contribution >= 0.6 is 34.4 Å². The highest BCUT2D eigenvalue weighted by Crippen LogP contribution is 2.40. The number of fused-ring (bicyclic) bond motifs is 2. The van der Waals surface area contributed by atoms with Crippen LogP contribution in [0.25, 0.3) is 20.7 Å². The standard InChI is InChI=1S/C20H16N2O3S3/c1-11(28-12-4-5-14-15(9-12)25-7-6-24-14)18-21-19(23)17-13(10-27-20(17)22-18)16-3-2-8-26-16/h2-5,8-11H,6-7H2,1H3,(H,21,22,23). The monoisotopic (exact) mass is 428 g/mol. The lowest BCUT2D eigenvalue weighted by atomic mass is 10.2. The topological polar surface area (TPSA) is 64.2 Å². The van der Waals surface area contributed by atoms with Crippen molar-refractivity contribution in [2.45, 2.75) is 17.1 Å². The first-order chi connectivity index (χ1) is 13.7. The van der Waals surface area contributed by atoms with Gasteiger partial charge in [-0.25, -0.2) is 4.98 Å². The molecular weight excluding hydrogens is 412 g/mol. The molecule has 0 radical (unpaired) electrons. The number of hydrogen-bond acceptors (Lipinski definition) is 7. The zero-order valence-corrected chi connectivity index (χ0v) is 17.4. The molecule has 142 valence electrons. The molecule has 1 aliphatic rings. The first-order valence-electron chi connectivity index (χ1n) is 8.80. The number of hydrogen-bond donors (Lipinski definition) is 1. The van der Waals surface area contributed by atoms with Crippen molar-refractivity contribution in [3.63, 3.8) is 0 Å². The summed E-state index contributed by atoms with van der Waals surface area (Å²) >= 11 is 4.77. The number of thiophene rings is 2. The van der Waals surface area contributed by atoms with Gasteiger partial charge in [0, 0.05) is 20.7 Å². The summed E-state index contributed by atoms with van der Waals surface area (Å²) in [7, 11) is 0. The minimum absolute atomic E-state index is 0.00746. The maximum atomic E-state index is 12.8. The van der Waals surface area contributed by atoms with Gasteiger partial charge in [-0.2, -0.15) is 0 Å². The smallest absolute Gasteiger partial charge is 0.260 e. The van der Waals surface area contributed by atoms with Crippen LogP contribution in [0.2, 0.25) is 0 Å². The lowest BCUT2D eigenvalue weighted by molar-refractivity contribution is 0.171. The van der Waals surface area contributed by atoms with Gasteiger partial charge in [-0.15, -0.1) is 34.4 Å². The lowest BCUT2D eigenvalue weighted by Gasteiger charge is -2.19. The Hall–Kier alpha value is -2.29. The van der Waals surface area contributed by atoms with E-state index in [9.17, 15) is 4.79 Å². The number of aromatic amines is 1. The maximum Gasteiger partial charge on any atom is 0.260 e. The molecule has 1 atom stereocenters. The van der Waals surface area contributed by atoms with Crippen LogP contribution in [0.1, 0.15) is 18.0 Å². The van der Waals surface area contributed by atoms with Crippen molar-refractivity contribution in [1.82, 2.24) is 9.97 Å². The summed E-state index contributed by atoms with van der Waals surface area (Å²) in [6.45, 7) is 3.18. The third-order valence-electron chi connectivity index (χ3n) is 4.46. The van der Waals surface area contributed by atoms with Gasteiger partial charge in [-0.1, -0.05) is 6.07 Å². The van der Waals surface area contributed by atoms with Gasteiger partial charge in [0.05, 0.1) is 10.6 Å². The molecule has 1 aromatic carbocycles. The van der Waals surface area contributed by atoms with Crippen molar-refractivity contribution in [2.75, 3.05) is 13.2 Å². The largest absolute Gasteiger partial charge is 0.486 e. The molecule has 0 bridgehead atoms. The second kappa shape index (κ2) is 7.27. The van der Waals surface area contributed by atoms with E-state index in [1.54, 1.807) is 23.1 Å². The zero-order valence-electron chi connectivity index (χ0n) is 14.9. The predicted molar refractivity (Wildman–Crippen MR) is 115 cm³/mol. The molecule has 28 heavy (non-hydrogen) atoms. The average molecular weight is 429 g/mol. The maximum absolute atomic E-state index is 12.8. The minimum atomic E-state index is -0.0840. The molecule has 0 amide bonds. The Labute approximate surface area is 173 Å². The molecule has 5 nitrogen and oxygen atoms in total. The lowest BCUT2D eigenvalue weighted by Crippen LogP contribution is -2.15. The van der Waals surface area contributed by atoms with E-state index in [1.165, 1.54) is 11.3 Å². The highest BCUT2D eigenvalue weighted by Gasteiger charge is 2.18. The SMILES string of the molecule is CC(Sc1ccc2c(c1)OCCO2)c1nc2scc(-c3cccs3)c2c(=O)[nH]1. The molecule has 1 N–H and O–H groups in total. The Balaban J connectivity index is 1.45. The van der Waals surface area contributed by atoms with Gasteiger partial charge in [0.1, 0.15) is 23.9 Å². The molecule has 1 aliphatic heterocycles. The number of aromatic nitrogens is 2. The van der Waals surface area contributed by atoms with Crippen LogP contribution in [-0.4, -0.2) is 23.2 Å². The van der Waals surface area contributed by atoms with E-state index in [1.807, 2.05) is 48.0 Å². The van der Waals surface area contributed by atoms with E-state index < -0.39 is 0 Å². The highest BCUT2D eigenvalue weighted by atomic mass is 32.2. The normalized spacial score (nSPS) is 14.3. The van der Waals surface area contributed by atoms with Crippen molar-refractivity contribution < 1.29 is 9.47 Å². The Morgan fingerprint density at radius 2 is 2.04 bits per heavy atom. The summed E-state index contributed by atoms with van der Waals surface area (Å²) in [4.78, 5) is 23.4. The van der Waals surface area contributed by atoms with Gasteiger partial charge < -0.3 is 14.5 Å². The number of thioether (sulfide) groups is 1. The summed E-state index contributed by atoms with van der Waals surface area (Å²) in [6, 6.07) is 9.93. The third-order valence-corrected chi connectivity index (χ3v) is 7.34. The van der Waals surface area contributed by atoms with Crippen molar-refractivity contribution in [1.29, 1.82) is 0 Å².